The van der Waals surface area contributed by atoms with E-state index in [4.69, 9.17) is 10.5 Å². The van der Waals surface area contributed by atoms with Crippen molar-refractivity contribution >= 4 is 15.9 Å². The minimum atomic E-state index is -0.0740. The molecule has 0 saturated carbocycles. The van der Waals surface area contributed by atoms with Gasteiger partial charge in [0.15, 0.2) is 0 Å². The van der Waals surface area contributed by atoms with E-state index in [9.17, 15) is 0 Å². The Morgan fingerprint density at radius 3 is 3.11 bits per heavy atom. The Hall–Kier alpha value is -1.33. The third kappa shape index (κ3) is 2.40. The topological polar surface area (TPSA) is 53.1 Å². The Morgan fingerprint density at radius 2 is 2.37 bits per heavy atom. The summed E-state index contributed by atoms with van der Waals surface area (Å²) in [5, 5.41) is 4.17. The molecular weight excluding hydrogens is 306 g/mol. The Balaban J connectivity index is 1.90. The van der Waals surface area contributed by atoms with Gasteiger partial charge in [0.2, 0.25) is 0 Å². The van der Waals surface area contributed by atoms with E-state index in [-0.39, 0.29) is 6.04 Å². The molecule has 1 aromatic carbocycles. The number of ether oxygens (including phenoxy) is 1. The Labute approximate surface area is 120 Å². The largest absolute Gasteiger partial charge is 0.493 e. The number of benzene rings is 1. The molecule has 0 amide bonds. The first-order chi connectivity index (χ1) is 9.15. The molecule has 0 radical (unpaired) electrons. The SMILES string of the molecule is Cn1nccc1C(N)Cc1cc(Br)cc2c1OCC2. The summed E-state index contributed by atoms with van der Waals surface area (Å²) in [7, 11) is 1.91. The van der Waals surface area contributed by atoms with E-state index < -0.39 is 0 Å². The van der Waals surface area contributed by atoms with Crippen molar-refractivity contribution in [3.05, 3.63) is 45.7 Å². The maximum absolute atomic E-state index is 6.28. The van der Waals surface area contributed by atoms with Crippen molar-refractivity contribution in [2.24, 2.45) is 12.8 Å². The van der Waals surface area contributed by atoms with Crippen molar-refractivity contribution in [1.29, 1.82) is 0 Å². The van der Waals surface area contributed by atoms with Gasteiger partial charge in [0.25, 0.3) is 0 Å². The lowest BCUT2D eigenvalue weighted by atomic mass is 10.0. The number of hydrogen-bond donors (Lipinski definition) is 1. The Morgan fingerprint density at radius 1 is 1.53 bits per heavy atom. The minimum absolute atomic E-state index is 0.0740. The van der Waals surface area contributed by atoms with Gasteiger partial charge in [0.1, 0.15) is 5.75 Å². The number of fused-ring (bicyclic) bond motifs is 1. The first-order valence-corrected chi connectivity index (χ1v) is 7.12. The zero-order chi connectivity index (χ0) is 13.4. The van der Waals surface area contributed by atoms with Crippen LogP contribution in [0, 0.1) is 0 Å². The number of rotatable bonds is 3. The van der Waals surface area contributed by atoms with Crippen LogP contribution in [0.15, 0.2) is 28.9 Å². The molecule has 0 fully saturated rings. The summed E-state index contributed by atoms with van der Waals surface area (Å²) in [5.74, 6) is 1.01. The number of halogens is 1. The van der Waals surface area contributed by atoms with Gasteiger partial charge in [-0.05, 0) is 35.7 Å². The molecule has 0 aliphatic carbocycles. The lowest BCUT2D eigenvalue weighted by Crippen LogP contribution is -2.17. The molecule has 0 saturated heterocycles. The van der Waals surface area contributed by atoms with Gasteiger partial charge in [-0.25, -0.2) is 0 Å². The minimum Gasteiger partial charge on any atom is -0.493 e. The van der Waals surface area contributed by atoms with Crippen LogP contribution in [0.1, 0.15) is 22.9 Å². The molecule has 2 heterocycles. The fourth-order valence-electron chi connectivity index (χ4n) is 2.59. The maximum Gasteiger partial charge on any atom is 0.125 e. The number of nitrogens with two attached hydrogens (primary N) is 1. The summed E-state index contributed by atoms with van der Waals surface area (Å²) in [4.78, 5) is 0. The summed E-state index contributed by atoms with van der Waals surface area (Å²) in [6.07, 6.45) is 3.50. The van der Waals surface area contributed by atoms with Crippen LogP contribution in [0.2, 0.25) is 0 Å². The van der Waals surface area contributed by atoms with Crippen LogP contribution in [0.5, 0.6) is 5.75 Å². The second-order valence-electron chi connectivity index (χ2n) is 4.84. The first-order valence-electron chi connectivity index (χ1n) is 6.32. The third-order valence-corrected chi connectivity index (χ3v) is 3.96. The van der Waals surface area contributed by atoms with Gasteiger partial charge in [0.05, 0.1) is 18.3 Å². The van der Waals surface area contributed by atoms with Gasteiger partial charge < -0.3 is 10.5 Å². The molecule has 100 valence electrons. The predicted octanol–water partition coefficient (Wildman–Crippen LogP) is 2.36. The van der Waals surface area contributed by atoms with Crippen molar-refractivity contribution < 1.29 is 4.74 Å². The van der Waals surface area contributed by atoms with E-state index in [1.165, 1.54) is 5.56 Å². The zero-order valence-corrected chi connectivity index (χ0v) is 12.4. The van der Waals surface area contributed by atoms with E-state index in [1.807, 2.05) is 17.8 Å². The summed E-state index contributed by atoms with van der Waals surface area (Å²) in [6.45, 7) is 0.764. The van der Waals surface area contributed by atoms with Crippen molar-refractivity contribution in [2.75, 3.05) is 6.61 Å². The highest BCUT2D eigenvalue weighted by atomic mass is 79.9. The summed E-state index contributed by atoms with van der Waals surface area (Å²) in [6, 6.07) is 6.11. The van der Waals surface area contributed by atoms with Gasteiger partial charge in [-0.3, -0.25) is 4.68 Å². The molecular formula is C14H16BrN3O. The van der Waals surface area contributed by atoms with E-state index in [1.54, 1.807) is 6.20 Å². The quantitative estimate of drug-likeness (QED) is 0.944. The van der Waals surface area contributed by atoms with Gasteiger partial charge in [0, 0.05) is 24.1 Å². The molecule has 0 bridgehead atoms. The Kier molecular flexibility index (Phi) is 3.33. The van der Waals surface area contributed by atoms with Crippen LogP contribution in [0.25, 0.3) is 0 Å². The Bertz CT molecular complexity index is 609. The van der Waals surface area contributed by atoms with Crippen molar-refractivity contribution in [1.82, 2.24) is 9.78 Å². The van der Waals surface area contributed by atoms with E-state index in [0.717, 1.165) is 40.9 Å². The van der Waals surface area contributed by atoms with Gasteiger partial charge in [-0.15, -0.1) is 0 Å². The zero-order valence-electron chi connectivity index (χ0n) is 10.8. The molecule has 19 heavy (non-hydrogen) atoms. The van der Waals surface area contributed by atoms with Crippen LogP contribution in [0.3, 0.4) is 0 Å². The van der Waals surface area contributed by atoms with Gasteiger partial charge >= 0.3 is 0 Å². The monoisotopic (exact) mass is 321 g/mol. The number of aromatic nitrogens is 2. The smallest absolute Gasteiger partial charge is 0.125 e. The first kappa shape index (κ1) is 12.7. The molecule has 2 aromatic rings. The van der Waals surface area contributed by atoms with Crippen molar-refractivity contribution in [2.45, 2.75) is 18.9 Å². The normalized spacial score (nSPS) is 15.1. The van der Waals surface area contributed by atoms with E-state index in [0.29, 0.717) is 0 Å². The lowest BCUT2D eigenvalue weighted by Gasteiger charge is -2.15. The number of nitrogens with zero attached hydrogens (tertiary/aromatic N) is 2. The predicted molar refractivity (Wildman–Crippen MR) is 77.2 cm³/mol. The second kappa shape index (κ2) is 4.98. The van der Waals surface area contributed by atoms with Crippen molar-refractivity contribution in [3.63, 3.8) is 0 Å². The molecule has 1 atom stereocenters. The summed E-state index contributed by atoms with van der Waals surface area (Å²) < 4.78 is 8.64. The number of hydrogen-bond acceptors (Lipinski definition) is 3. The van der Waals surface area contributed by atoms with Crippen LogP contribution in [-0.4, -0.2) is 16.4 Å². The molecule has 1 aliphatic heterocycles. The van der Waals surface area contributed by atoms with Crippen LogP contribution in [-0.2, 0) is 19.9 Å². The van der Waals surface area contributed by atoms with Gasteiger partial charge in [-0.2, -0.15) is 5.10 Å². The molecule has 0 spiro atoms. The van der Waals surface area contributed by atoms with Crippen LogP contribution in [0.4, 0.5) is 0 Å². The summed E-state index contributed by atoms with van der Waals surface area (Å²) >= 11 is 3.55. The number of aryl methyl sites for hydroxylation is 1. The molecule has 1 aromatic heterocycles. The lowest BCUT2D eigenvalue weighted by molar-refractivity contribution is 0.352. The van der Waals surface area contributed by atoms with Crippen LogP contribution < -0.4 is 10.5 Å². The maximum atomic E-state index is 6.28. The average Bonchev–Trinajstić information content (AvgIpc) is 2.97. The highest BCUT2D eigenvalue weighted by molar-refractivity contribution is 9.10. The standard InChI is InChI=1S/C14H16BrN3O/c1-18-13(2-4-17-18)12(16)8-10-7-11(15)6-9-3-5-19-14(9)10/h2,4,6-7,12H,3,5,8,16H2,1H3. The molecule has 3 rings (SSSR count). The molecule has 1 aliphatic rings. The molecule has 5 heteroatoms. The molecule has 4 nitrogen and oxygen atoms in total. The molecule has 1 unspecified atom stereocenters. The fraction of sp³-hybridized carbons (Fsp3) is 0.357. The second-order valence-corrected chi connectivity index (χ2v) is 5.76. The third-order valence-electron chi connectivity index (χ3n) is 3.50. The average molecular weight is 322 g/mol. The van der Waals surface area contributed by atoms with E-state index in [2.05, 4.69) is 33.2 Å². The van der Waals surface area contributed by atoms with Crippen molar-refractivity contribution in [3.8, 4) is 5.75 Å². The highest BCUT2D eigenvalue weighted by Gasteiger charge is 2.20. The molecule has 2 N–H and O–H groups in total. The van der Waals surface area contributed by atoms with Gasteiger partial charge in [-0.1, -0.05) is 15.9 Å². The fourth-order valence-corrected chi connectivity index (χ4v) is 3.14. The highest BCUT2D eigenvalue weighted by Crippen LogP contribution is 2.34. The summed E-state index contributed by atoms with van der Waals surface area (Å²) in [5.41, 5.74) is 9.75. The van der Waals surface area contributed by atoms with E-state index >= 15 is 0 Å². The van der Waals surface area contributed by atoms with Crippen LogP contribution >= 0.6 is 15.9 Å².